The molecule has 0 aromatic heterocycles. The summed E-state index contributed by atoms with van der Waals surface area (Å²) >= 11 is 0. The number of anilines is 1. The van der Waals surface area contributed by atoms with Gasteiger partial charge < -0.3 is 10.1 Å². The van der Waals surface area contributed by atoms with E-state index in [1.54, 1.807) is 0 Å². The van der Waals surface area contributed by atoms with Crippen molar-refractivity contribution in [2.24, 2.45) is 0 Å². The molecule has 0 spiro atoms. The average molecular weight is 241 g/mol. The zero-order valence-electron chi connectivity index (χ0n) is 10.9. The van der Waals surface area contributed by atoms with Gasteiger partial charge in [0.25, 0.3) is 0 Å². The Labute approximate surface area is 109 Å². The fraction of sp³-hybridized carbons (Fsp3) is 0.250. The van der Waals surface area contributed by atoms with Crippen molar-refractivity contribution >= 4 is 5.69 Å². The van der Waals surface area contributed by atoms with Crippen LogP contribution in [0.3, 0.4) is 0 Å². The highest BCUT2D eigenvalue weighted by molar-refractivity contribution is 5.45. The molecule has 0 radical (unpaired) electrons. The van der Waals surface area contributed by atoms with Gasteiger partial charge in [0.2, 0.25) is 0 Å². The molecule has 0 aliphatic rings. The first kappa shape index (κ1) is 12.5. The molecule has 94 valence electrons. The average Bonchev–Trinajstić information content (AvgIpc) is 2.37. The summed E-state index contributed by atoms with van der Waals surface area (Å²) in [7, 11) is 0. The summed E-state index contributed by atoms with van der Waals surface area (Å²) < 4.78 is 5.65. The van der Waals surface area contributed by atoms with Gasteiger partial charge in [-0.1, -0.05) is 29.8 Å². The van der Waals surface area contributed by atoms with E-state index in [9.17, 15) is 0 Å². The maximum atomic E-state index is 5.65. The molecular formula is C16H19NO. The molecule has 0 unspecified atom stereocenters. The van der Waals surface area contributed by atoms with E-state index in [1.165, 1.54) is 11.1 Å². The topological polar surface area (TPSA) is 21.3 Å². The fourth-order valence-electron chi connectivity index (χ4n) is 1.75. The van der Waals surface area contributed by atoms with E-state index >= 15 is 0 Å². The monoisotopic (exact) mass is 241 g/mol. The highest BCUT2D eigenvalue weighted by Crippen LogP contribution is 2.12. The second kappa shape index (κ2) is 6.10. The third kappa shape index (κ3) is 3.81. The van der Waals surface area contributed by atoms with Gasteiger partial charge in [-0.15, -0.1) is 0 Å². The van der Waals surface area contributed by atoms with E-state index in [4.69, 9.17) is 4.74 Å². The summed E-state index contributed by atoms with van der Waals surface area (Å²) in [6.45, 7) is 5.63. The summed E-state index contributed by atoms with van der Waals surface area (Å²) in [5.74, 6) is 0.923. The summed E-state index contributed by atoms with van der Waals surface area (Å²) in [4.78, 5) is 0. The van der Waals surface area contributed by atoms with Crippen LogP contribution in [0.5, 0.6) is 5.75 Å². The summed E-state index contributed by atoms with van der Waals surface area (Å²) in [6, 6.07) is 16.5. The molecule has 2 nitrogen and oxygen atoms in total. The number of aryl methyl sites for hydroxylation is 2. The maximum absolute atomic E-state index is 5.65. The fourth-order valence-corrected chi connectivity index (χ4v) is 1.75. The molecule has 1 N–H and O–H groups in total. The minimum Gasteiger partial charge on any atom is -0.492 e. The smallest absolute Gasteiger partial charge is 0.119 e. The van der Waals surface area contributed by atoms with Crippen molar-refractivity contribution in [2.45, 2.75) is 13.8 Å². The van der Waals surface area contributed by atoms with Crippen LogP contribution in [0, 0.1) is 13.8 Å². The molecule has 0 aliphatic heterocycles. The van der Waals surface area contributed by atoms with Crippen LogP contribution in [0.25, 0.3) is 0 Å². The SMILES string of the molecule is Cc1ccc(OCCNc2cccc(C)c2)cc1. The van der Waals surface area contributed by atoms with Gasteiger partial charge in [0.05, 0.1) is 0 Å². The van der Waals surface area contributed by atoms with Gasteiger partial charge in [0, 0.05) is 12.2 Å². The Morgan fingerprint density at radius 2 is 1.72 bits per heavy atom. The lowest BCUT2D eigenvalue weighted by Gasteiger charge is -2.09. The van der Waals surface area contributed by atoms with Crippen molar-refractivity contribution in [2.75, 3.05) is 18.5 Å². The first-order chi connectivity index (χ1) is 8.74. The van der Waals surface area contributed by atoms with E-state index < -0.39 is 0 Å². The van der Waals surface area contributed by atoms with Gasteiger partial charge in [-0.05, 0) is 43.7 Å². The standard InChI is InChI=1S/C16H19NO/c1-13-6-8-16(9-7-13)18-11-10-17-15-5-3-4-14(2)12-15/h3-9,12,17H,10-11H2,1-2H3. The van der Waals surface area contributed by atoms with Crippen LogP contribution in [0.4, 0.5) is 5.69 Å². The minimum atomic E-state index is 0.664. The Balaban J connectivity index is 1.74. The number of hydrogen-bond acceptors (Lipinski definition) is 2. The zero-order chi connectivity index (χ0) is 12.8. The number of nitrogens with one attached hydrogen (secondary N) is 1. The van der Waals surface area contributed by atoms with E-state index in [-0.39, 0.29) is 0 Å². The van der Waals surface area contributed by atoms with Crippen molar-refractivity contribution in [1.82, 2.24) is 0 Å². The van der Waals surface area contributed by atoms with E-state index in [2.05, 4.69) is 55.6 Å². The number of hydrogen-bond donors (Lipinski definition) is 1. The molecule has 0 saturated carbocycles. The molecule has 0 fully saturated rings. The van der Waals surface area contributed by atoms with Gasteiger partial charge in [-0.2, -0.15) is 0 Å². The molecule has 2 aromatic rings. The molecule has 0 aliphatic carbocycles. The normalized spacial score (nSPS) is 10.1. The second-order valence-corrected chi connectivity index (χ2v) is 4.46. The van der Waals surface area contributed by atoms with E-state index in [0.717, 1.165) is 18.0 Å². The van der Waals surface area contributed by atoms with Gasteiger partial charge in [0.15, 0.2) is 0 Å². The third-order valence-corrected chi connectivity index (χ3v) is 2.74. The van der Waals surface area contributed by atoms with Gasteiger partial charge >= 0.3 is 0 Å². The first-order valence-electron chi connectivity index (χ1n) is 6.24. The highest BCUT2D eigenvalue weighted by atomic mass is 16.5. The van der Waals surface area contributed by atoms with Gasteiger partial charge in [-0.25, -0.2) is 0 Å². The van der Waals surface area contributed by atoms with Crippen LogP contribution in [0.15, 0.2) is 48.5 Å². The Morgan fingerprint density at radius 1 is 0.944 bits per heavy atom. The predicted molar refractivity (Wildman–Crippen MR) is 76.3 cm³/mol. The number of benzene rings is 2. The van der Waals surface area contributed by atoms with Crippen molar-refractivity contribution in [1.29, 1.82) is 0 Å². The van der Waals surface area contributed by atoms with Crippen LogP contribution >= 0.6 is 0 Å². The van der Waals surface area contributed by atoms with E-state index in [0.29, 0.717) is 6.61 Å². The van der Waals surface area contributed by atoms with E-state index in [1.807, 2.05) is 12.1 Å². The van der Waals surface area contributed by atoms with Crippen molar-refractivity contribution in [3.05, 3.63) is 59.7 Å². The van der Waals surface area contributed by atoms with Crippen molar-refractivity contribution < 1.29 is 4.74 Å². The Bertz CT molecular complexity index is 491. The van der Waals surface area contributed by atoms with Crippen LogP contribution in [0.2, 0.25) is 0 Å². The minimum absolute atomic E-state index is 0.664. The Morgan fingerprint density at radius 3 is 2.44 bits per heavy atom. The molecule has 0 amide bonds. The Kier molecular flexibility index (Phi) is 4.24. The summed E-state index contributed by atoms with van der Waals surface area (Å²) in [5, 5.41) is 3.34. The largest absolute Gasteiger partial charge is 0.492 e. The molecule has 0 atom stereocenters. The number of rotatable bonds is 5. The van der Waals surface area contributed by atoms with Crippen LogP contribution in [-0.2, 0) is 0 Å². The molecule has 0 bridgehead atoms. The predicted octanol–water partition coefficient (Wildman–Crippen LogP) is 3.79. The third-order valence-electron chi connectivity index (χ3n) is 2.74. The van der Waals surface area contributed by atoms with Crippen LogP contribution in [0.1, 0.15) is 11.1 Å². The molecule has 2 rings (SSSR count). The lowest BCUT2D eigenvalue weighted by molar-refractivity contribution is 0.333. The van der Waals surface area contributed by atoms with Crippen LogP contribution in [-0.4, -0.2) is 13.2 Å². The molecule has 0 saturated heterocycles. The van der Waals surface area contributed by atoms with Gasteiger partial charge in [0.1, 0.15) is 12.4 Å². The maximum Gasteiger partial charge on any atom is 0.119 e. The molecule has 18 heavy (non-hydrogen) atoms. The zero-order valence-corrected chi connectivity index (χ0v) is 10.9. The first-order valence-corrected chi connectivity index (χ1v) is 6.24. The molecular weight excluding hydrogens is 222 g/mol. The second-order valence-electron chi connectivity index (χ2n) is 4.46. The lowest BCUT2D eigenvalue weighted by atomic mass is 10.2. The van der Waals surface area contributed by atoms with Gasteiger partial charge in [-0.3, -0.25) is 0 Å². The number of ether oxygens (including phenoxy) is 1. The van der Waals surface area contributed by atoms with Crippen molar-refractivity contribution in [3.63, 3.8) is 0 Å². The molecule has 2 aromatic carbocycles. The highest BCUT2D eigenvalue weighted by Gasteiger charge is 1.94. The molecule has 2 heteroatoms. The quantitative estimate of drug-likeness (QED) is 0.804. The lowest BCUT2D eigenvalue weighted by Crippen LogP contribution is -2.11. The molecule has 0 heterocycles. The van der Waals surface area contributed by atoms with Crippen LogP contribution < -0.4 is 10.1 Å². The van der Waals surface area contributed by atoms with Crippen molar-refractivity contribution in [3.8, 4) is 5.75 Å². The summed E-state index contributed by atoms with van der Waals surface area (Å²) in [6.07, 6.45) is 0. The summed E-state index contributed by atoms with van der Waals surface area (Å²) in [5.41, 5.74) is 3.65. The Hall–Kier alpha value is -1.96.